The molecule has 15 nitrogen and oxygen atoms in total. The molecule has 11 rings (SSSR count). The summed E-state index contributed by atoms with van der Waals surface area (Å²) in [5, 5.41) is 10.5. The first-order valence-corrected chi connectivity index (χ1v) is 28.0. The number of rotatable bonds is 11. The number of esters is 1. The number of aromatic nitrogens is 6. The van der Waals surface area contributed by atoms with Gasteiger partial charge >= 0.3 is 11.9 Å². The van der Waals surface area contributed by atoms with Crippen LogP contribution in [0, 0.1) is 32.6 Å². The minimum Gasteiger partial charge on any atom is -0.481 e. The van der Waals surface area contributed by atoms with Gasteiger partial charge in [-0.3, -0.25) is 32.8 Å². The van der Waals surface area contributed by atoms with Gasteiger partial charge in [0.15, 0.2) is 29.1 Å². The Balaban J connectivity index is 0.000000145. The van der Waals surface area contributed by atoms with Crippen molar-refractivity contribution in [3.05, 3.63) is 180 Å². The van der Waals surface area contributed by atoms with Crippen molar-refractivity contribution in [3.8, 4) is 0 Å². The first-order valence-electron chi connectivity index (χ1n) is 26.1. The minimum atomic E-state index is -0.751. The number of fused-ring (bicyclic) bond motifs is 3. The van der Waals surface area contributed by atoms with Crippen LogP contribution in [0.25, 0.3) is 11.0 Å². The molecule has 1 N–H and O–H groups in total. The van der Waals surface area contributed by atoms with Crippen LogP contribution in [-0.4, -0.2) is 95.5 Å². The standard InChI is InChI=1S/C23H24ClN3O3.C21H20ClN3O3.C15H14BrClN2O/c1-3-30-23(29)16-10-13-26(14-11-16)21-18-9-4-5-12-27(18)22(25-21)20(28)19-15(2)7-6-8-17(19)24;1-13-5-4-6-15(22)17(13)18(26)20-23-19(16-7-2-3-10-25(16)20)24-11-8-14(9-12-24)21(27)28;1-9-5-4-6-10(17)12(9)13(20)15-18-14(16)11-7-2-3-8-19(11)15/h4-9,12,16H,3,10-11,13-14H2,1-2H3;2-7,10,14H,8-9,11-12H2,1H3,(H,27,28);4-6H,2-3,7-8H2,1H3. The van der Waals surface area contributed by atoms with Crippen molar-refractivity contribution in [2.45, 2.75) is 79.2 Å². The minimum absolute atomic E-state index is 0.0815. The van der Waals surface area contributed by atoms with Gasteiger partial charge in [-0.2, -0.15) is 0 Å². The molecule has 3 aliphatic rings. The molecule has 2 fully saturated rings. The van der Waals surface area contributed by atoms with E-state index >= 15 is 0 Å². The quantitative estimate of drug-likeness (QED) is 0.0960. The number of carbonyl (C=O) groups excluding carboxylic acids is 4. The maximum atomic E-state index is 13.4. The van der Waals surface area contributed by atoms with E-state index in [-0.39, 0.29) is 35.2 Å². The molecule has 0 amide bonds. The number of hydrogen-bond acceptors (Lipinski definition) is 11. The van der Waals surface area contributed by atoms with E-state index in [9.17, 15) is 29.1 Å². The fourth-order valence-electron chi connectivity index (χ4n) is 10.5. The molecule has 0 aliphatic carbocycles. The Labute approximate surface area is 475 Å². The number of aryl methyl sites for hydroxylation is 3. The van der Waals surface area contributed by atoms with Gasteiger partial charge in [0.2, 0.25) is 17.3 Å². The van der Waals surface area contributed by atoms with Crippen LogP contribution in [0.1, 0.15) is 116 Å². The highest BCUT2D eigenvalue weighted by molar-refractivity contribution is 9.10. The number of carboxylic acid groups (broad SMARTS) is 1. The van der Waals surface area contributed by atoms with Crippen LogP contribution in [0.15, 0.2) is 108 Å². The van der Waals surface area contributed by atoms with Crippen LogP contribution in [0.4, 0.5) is 11.6 Å². The molecule has 8 aromatic rings. The van der Waals surface area contributed by atoms with Crippen LogP contribution in [0.2, 0.25) is 15.1 Å². The highest BCUT2D eigenvalue weighted by atomic mass is 79.9. The second-order valence-electron chi connectivity index (χ2n) is 19.6. The summed E-state index contributed by atoms with van der Waals surface area (Å²) in [6.07, 6.45) is 9.38. The maximum Gasteiger partial charge on any atom is 0.309 e. The Kier molecular flexibility index (Phi) is 17.5. The molecule has 78 heavy (non-hydrogen) atoms. The van der Waals surface area contributed by atoms with E-state index in [1.54, 1.807) is 22.6 Å². The number of halogens is 4. The number of imidazole rings is 3. The van der Waals surface area contributed by atoms with E-state index < -0.39 is 5.97 Å². The molecule has 3 aliphatic heterocycles. The predicted octanol–water partition coefficient (Wildman–Crippen LogP) is 12.3. The van der Waals surface area contributed by atoms with Gasteiger partial charge < -0.3 is 24.2 Å². The molecule has 0 unspecified atom stereocenters. The lowest BCUT2D eigenvalue weighted by molar-refractivity contribution is -0.148. The topological polar surface area (TPSA) is 174 Å². The molecule has 19 heteroatoms. The van der Waals surface area contributed by atoms with Crippen molar-refractivity contribution in [2.24, 2.45) is 11.8 Å². The Morgan fingerprint density at radius 1 is 0.577 bits per heavy atom. The summed E-state index contributed by atoms with van der Waals surface area (Å²) in [6.45, 7) is 11.2. The summed E-state index contributed by atoms with van der Waals surface area (Å²) in [4.78, 5) is 80.7. The van der Waals surface area contributed by atoms with E-state index in [4.69, 9.17) is 44.5 Å². The van der Waals surface area contributed by atoms with Crippen LogP contribution in [0.3, 0.4) is 0 Å². The molecule has 0 spiro atoms. The Morgan fingerprint density at radius 3 is 1.44 bits per heavy atom. The number of ketones is 3. The predicted molar refractivity (Wildman–Crippen MR) is 306 cm³/mol. The van der Waals surface area contributed by atoms with Crippen molar-refractivity contribution in [2.75, 3.05) is 42.6 Å². The molecule has 3 aromatic carbocycles. The van der Waals surface area contributed by atoms with Gasteiger partial charge in [-0.05, 0) is 148 Å². The molecular formula is C59H58BrCl3N8O7. The summed E-state index contributed by atoms with van der Waals surface area (Å²) < 4.78 is 11.6. The average molecular weight is 1180 g/mol. The van der Waals surface area contributed by atoms with Gasteiger partial charge in [-0.25, -0.2) is 15.0 Å². The lowest BCUT2D eigenvalue weighted by Gasteiger charge is -2.31. The first-order chi connectivity index (χ1) is 37.6. The number of ether oxygens (including phenoxy) is 1. The molecule has 8 heterocycles. The van der Waals surface area contributed by atoms with Gasteiger partial charge in [-0.15, -0.1) is 0 Å². The van der Waals surface area contributed by atoms with Crippen molar-refractivity contribution in [3.63, 3.8) is 0 Å². The van der Waals surface area contributed by atoms with Gasteiger partial charge in [0.05, 0.1) is 50.2 Å². The SMILES string of the molecule is CCOC(=O)C1CCN(c2nc(C(=O)c3c(C)cccc3Cl)n3ccccc23)CC1.Cc1cccc(Cl)c1C(=O)c1nc(Br)c2n1CCCC2.Cc1cccc(Cl)c1C(=O)c1nc(N2CCC(C(=O)O)CC2)c2ccccn12. The van der Waals surface area contributed by atoms with Gasteiger partial charge in [0.1, 0.15) is 4.60 Å². The van der Waals surface area contributed by atoms with Crippen LogP contribution >= 0.6 is 50.7 Å². The molecule has 404 valence electrons. The van der Waals surface area contributed by atoms with Crippen molar-refractivity contribution in [1.29, 1.82) is 0 Å². The second-order valence-corrected chi connectivity index (χ2v) is 21.6. The fourth-order valence-corrected chi connectivity index (χ4v) is 12.0. The number of carbonyl (C=O) groups is 5. The fraction of sp³-hybridized carbons (Fsp3) is 0.322. The largest absolute Gasteiger partial charge is 0.481 e. The number of carboxylic acids is 1. The molecule has 0 bridgehead atoms. The van der Waals surface area contributed by atoms with Gasteiger partial charge in [0, 0.05) is 61.8 Å². The van der Waals surface area contributed by atoms with E-state index in [0.29, 0.717) is 114 Å². The molecule has 0 saturated carbocycles. The molecule has 0 radical (unpaired) electrons. The summed E-state index contributed by atoms with van der Waals surface area (Å²) in [5.41, 5.74) is 6.78. The highest BCUT2D eigenvalue weighted by Crippen LogP contribution is 2.34. The molecular weight excluding hydrogens is 1120 g/mol. The average Bonchev–Trinajstić information content (AvgIpc) is 4.33. The smallest absolute Gasteiger partial charge is 0.309 e. The number of pyridine rings is 2. The summed E-state index contributed by atoms with van der Waals surface area (Å²) in [5.74, 6) is 0.790. The van der Waals surface area contributed by atoms with E-state index in [2.05, 4.69) is 35.7 Å². The summed E-state index contributed by atoms with van der Waals surface area (Å²) in [6, 6.07) is 27.7. The van der Waals surface area contributed by atoms with Crippen molar-refractivity contribution < 1.29 is 33.8 Å². The van der Waals surface area contributed by atoms with Gasteiger partial charge in [-0.1, -0.05) is 83.3 Å². The molecule has 2 saturated heterocycles. The summed E-state index contributed by atoms with van der Waals surface area (Å²) >= 11 is 22.3. The van der Waals surface area contributed by atoms with Crippen LogP contribution in [-0.2, 0) is 27.3 Å². The van der Waals surface area contributed by atoms with E-state index in [1.165, 1.54) is 0 Å². The Morgan fingerprint density at radius 2 is 1.01 bits per heavy atom. The normalized spacial score (nSPS) is 14.8. The van der Waals surface area contributed by atoms with Crippen LogP contribution in [0.5, 0.6) is 0 Å². The second kappa shape index (κ2) is 24.4. The van der Waals surface area contributed by atoms with Crippen LogP contribution < -0.4 is 9.80 Å². The third kappa shape index (κ3) is 11.5. The maximum absolute atomic E-state index is 13.4. The number of nitrogens with zero attached hydrogens (tertiary/aromatic N) is 8. The zero-order valence-corrected chi connectivity index (χ0v) is 47.5. The number of piperidine rings is 2. The number of benzene rings is 3. The van der Waals surface area contributed by atoms with Crippen molar-refractivity contribution >= 4 is 103 Å². The summed E-state index contributed by atoms with van der Waals surface area (Å²) in [7, 11) is 0. The van der Waals surface area contributed by atoms with Crippen molar-refractivity contribution in [1.82, 2.24) is 28.3 Å². The first kappa shape index (κ1) is 55.9. The lowest BCUT2D eigenvalue weighted by atomic mass is 9.97. The van der Waals surface area contributed by atoms with E-state index in [0.717, 1.165) is 69.6 Å². The number of aliphatic carboxylic acids is 1. The highest BCUT2D eigenvalue weighted by Gasteiger charge is 2.32. The van der Waals surface area contributed by atoms with Gasteiger partial charge in [0.25, 0.3) is 0 Å². The molecule has 0 atom stereocenters. The Bertz CT molecular complexity index is 3530. The Hall–Kier alpha value is -6.85. The zero-order valence-electron chi connectivity index (χ0n) is 43.6. The van der Waals surface area contributed by atoms with E-state index in [1.807, 2.05) is 122 Å². The number of hydrogen-bond donors (Lipinski definition) is 1. The third-order valence-electron chi connectivity index (χ3n) is 14.6. The lowest BCUT2D eigenvalue weighted by Crippen LogP contribution is -2.37. The molecule has 5 aromatic heterocycles. The zero-order chi connectivity index (χ0) is 55.4. The third-order valence-corrected chi connectivity index (χ3v) is 16.2. The monoisotopic (exact) mass is 1170 g/mol. The number of anilines is 2.